The molecule has 0 aliphatic heterocycles. The van der Waals surface area contributed by atoms with Crippen LogP contribution < -0.4 is 5.73 Å². The van der Waals surface area contributed by atoms with Crippen molar-refractivity contribution in [3.63, 3.8) is 0 Å². The molecular formula is C10H8FN3S2. The van der Waals surface area contributed by atoms with Crippen LogP contribution in [0.4, 0.5) is 4.39 Å². The third-order valence-corrected chi connectivity index (χ3v) is 3.78. The second-order valence-electron chi connectivity index (χ2n) is 2.96. The van der Waals surface area contributed by atoms with Crippen molar-refractivity contribution < 1.29 is 4.39 Å². The minimum atomic E-state index is -0.382. The molecule has 82 valence electrons. The summed E-state index contributed by atoms with van der Waals surface area (Å²) in [4.78, 5) is 4.54. The Balaban J connectivity index is 2.26. The molecule has 3 N–H and O–H groups in total. The maximum atomic E-state index is 13.6. The Bertz CT molecular complexity index is 511. The molecule has 0 fully saturated rings. The van der Waals surface area contributed by atoms with Crippen molar-refractivity contribution in [2.75, 3.05) is 0 Å². The second-order valence-corrected chi connectivity index (χ2v) is 5.14. The van der Waals surface area contributed by atoms with E-state index in [4.69, 9.17) is 11.1 Å². The van der Waals surface area contributed by atoms with Crippen LogP contribution in [0.5, 0.6) is 0 Å². The van der Waals surface area contributed by atoms with Gasteiger partial charge in [-0.1, -0.05) is 11.8 Å². The number of nitrogens with two attached hydrogens (primary N) is 1. The molecule has 0 saturated heterocycles. The van der Waals surface area contributed by atoms with Gasteiger partial charge in [0.15, 0.2) is 4.34 Å². The summed E-state index contributed by atoms with van der Waals surface area (Å²) < 4.78 is 14.4. The summed E-state index contributed by atoms with van der Waals surface area (Å²) in [5.41, 5.74) is 5.66. The largest absolute Gasteiger partial charge is 0.384 e. The van der Waals surface area contributed by atoms with Gasteiger partial charge < -0.3 is 5.73 Å². The molecule has 0 radical (unpaired) electrons. The number of halogens is 1. The van der Waals surface area contributed by atoms with Crippen LogP contribution in [-0.2, 0) is 0 Å². The van der Waals surface area contributed by atoms with Crippen LogP contribution in [0.15, 0.2) is 39.0 Å². The number of amidine groups is 1. The van der Waals surface area contributed by atoms with E-state index in [1.807, 2.05) is 5.38 Å². The molecule has 0 unspecified atom stereocenters. The van der Waals surface area contributed by atoms with Gasteiger partial charge >= 0.3 is 0 Å². The molecule has 1 aromatic heterocycles. The van der Waals surface area contributed by atoms with Crippen LogP contribution in [0.3, 0.4) is 0 Å². The first-order valence-electron chi connectivity index (χ1n) is 4.38. The lowest BCUT2D eigenvalue weighted by Crippen LogP contribution is -2.11. The fourth-order valence-electron chi connectivity index (χ4n) is 1.11. The number of benzene rings is 1. The average Bonchev–Trinajstić information content (AvgIpc) is 2.73. The normalized spacial score (nSPS) is 10.3. The van der Waals surface area contributed by atoms with E-state index < -0.39 is 0 Å². The highest BCUT2D eigenvalue weighted by molar-refractivity contribution is 8.01. The molecule has 6 heteroatoms. The zero-order valence-electron chi connectivity index (χ0n) is 8.11. The average molecular weight is 253 g/mol. The molecule has 3 nitrogen and oxygen atoms in total. The Labute approximate surface area is 100 Å². The van der Waals surface area contributed by atoms with Gasteiger partial charge in [-0.15, -0.1) is 11.3 Å². The van der Waals surface area contributed by atoms with Gasteiger partial charge in [-0.05, 0) is 18.2 Å². The molecule has 1 heterocycles. The molecule has 0 aliphatic rings. The van der Waals surface area contributed by atoms with E-state index in [9.17, 15) is 4.39 Å². The van der Waals surface area contributed by atoms with Gasteiger partial charge in [-0.3, -0.25) is 5.41 Å². The Morgan fingerprint density at radius 3 is 2.88 bits per heavy atom. The summed E-state index contributed by atoms with van der Waals surface area (Å²) in [7, 11) is 0. The molecule has 0 bridgehead atoms. The molecule has 1 aromatic carbocycles. The molecule has 0 saturated carbocycles. The second kappa shape index (κ2) is 4.63. The molecule has 0 aliphatic carbocycles. The van der Waals surface area contributed by atoms with E-state index in [0.29, 0.717) is 10.5 Å². The lowest BCUT2D eigenvalue weighted by atomic mass is 10.2. The molecule has 2 rings (SSSR count). The van der Waals surface area contributed by atoms with E-state index in [-0.39, 0.29) is 11.7 Å². The van der Waals surface area contributed by atoms with Crippen molar-refractivity contribution in [3.05, 3.63) is 41.2 Å². The van der Waals surface area contributed by atoms with Crippen molar-refractivity contribution >= 4 is 28.9 Å². The minimum absolute atomic E-state index is 0.135. The van der Waals surface area contributed by atoms with E-state index in [2.05, 4.69) is 4.98 Å². The maximum absolute atomic E-state index is 13.6. The van der Waals surface area contributed by atoms with Crippen molar-refractivity contribution in [1.82, 2.24) is 4.98 Å². The summed E-state index contributed by atoms with van der Waals surface area (Å²) in [6, 6.07) is 4.50. The third kappa shape index (κ3) is 2.40. The number of hydrogen-bond donors (Lipinski definition) is 2. The van der Waals surface area contributed by atoms with Gasteiger partial charge in [0.25, 0.3) is 0 Å². The Morgan fingerprint density at radius 1 is 1.50 bits per heavy atom. The summed E-state index contributed by atoms with van der Waals surface area (Å²) in [6.45, 7) is 0. The van der Waals surface area contributed by atoms with Gasteiger partial charge in [0.1, 0.15) is 11.7 Å². The maximum Gasteiger partial charge on any atom is 0.154 e. The highest BCUT2D eigenvalue weighted by Gasteiger charge is 2.08. The summed E-state index contributed by atoms with van der Waals surface area (Å²) in [6.07, 6.45) is 1.68. The summed E-state index contributed by atoms with van der Waals surface area (Å²) >= 11 is 2.72. The molecule has 0 spiro atoms. The van der Waals surface area contributed by atoms with Crippen LogP contribution in [0, 0.1) is 11.2 Å². The van der Waals surface area contributed by atoms with Crippen LogP contribution >= 0.6 is 23.1 Å². The van der Waals surface area contributed by atoms with E-state index >= 15 is 0 Å². The minimum Gasteiger partial charge on any atom is -0.384 e. The first kappa shape index (κ1) is 11.1. The van der Waals surface area contributed by atoms with Gasteiger partial charge in [0.05, 0.1) is 4.90 Å². The van der Waals surface area contributed by atoms with Crippen LogP contribution in [0.25, 0.3) is 0 Å². The zero-order chi connectivity index (χ0) is 11.5. The monoisotopic (exact) mass is 253 g/mol. The molecule has 0 amide bonds. The van der Waals surface area contributed by atoms with E-state index in [1.54, 1.807) is 18.3 Å². The number of aromatic nitrogens is 1. The summed E-state index contributed by atoms with van der Waals surface area (Å²) in [5.74, 6) is -0.516. The third-order valence-electron chi connectivity index (χ3n) is 1.85. The summed E-state index contributed by atoms with van der Waals surface area (Å²) in [5, 5.41) is 9.03. The first-order valence-corrected chi connectivity index (χ1v) is 6.08. The van der Waals surface area contributed by atoms with Crippen molar-refractivity contribution in [1.29, 1.82) is 5.41 Å². The topological polar surface area (TPSA) is 62.8 Å². The molecule has 2 aromatic rings. The number of nitrogens with one attached hydrogen (secondary N) is 1. The number of hydrogen-bond acceptors (Lipinski definition) is 4. The van der Waals surface area contributed by atoms with Crippen LogP contribution in [-0.4, -0.2) is 10.8 Å². The number of rotatable bonds is 3. The van der Waals surface area contributed by atoms with Gasteiger partial charge in [0.2, 0.25) is 0 Å². The lowest BCUT2D eigenvalue weighted by molar-refractivity contribution is 0.601. The fourth-order valence-corrected chi connectivity index (χ4v) is 2.69. The Kier molecular flexibility index (Phi) is 3.21. The predicted octanol–water partition coefficient (Wildman–Crippen LogP) is 2.72. The highest BCUT2D eigenvalue weighted by atomic mass is 32.2. The van der Waals surface area contributed by atoms with Crippen LogP contribution in [0.1, 0.15) is 5.56 Å². The smallest absolute Gasteiger partial charge is 0.154 e. The SMILES string of the molecule is N=C(N)c1ccc(Sc2nccs2)c(F)c1. The Hall–Kier alpha value is -1.40. The van der Waals surface area contributed by atoms with Crippen molar-refractivity contribution in [3.8, 4) is 0 Å². The van der Waals surface area contributed by atoms with E-state index in [1.165, 1.54) is 29.2 Å². The van der Waals surface area contributed by atoms with Gasteiger partial charge in [-0.2, -0.15) is 0 Å². The molecule has 0 atom stereocenters. The van der Waals surface area contributed by atoms with Crippen molar-refractivity contribution in [2.24, 2.45) is 5.73 Å². The first-order chi connectivity index (χ1) is 7.66. The zero-order valence-corrected chi connectivity index (χ0v) is 9.74. The van der Waals surface area contributed by atoms with Crippen molar-refractivity contribution in [2.45, 2.75) is 9.24 Å². The lowest BCUT2D eigenvalue weighted by Gasteiger charge is -2.02. The highest BCUT2D eigenvalue weighted by Crippen LogP contribution is 2.31. The number of nitrogens with zero attached hydrogens (tertiary/aromatic N) is 1. The quantitative estimate of drug-likeness (QED) is 0.653. The molecular weight excluding hydrogens is 245 g/mol. The molecule has 16 heavy (non-hydrogen) atoms. The van der Waals surface area contributed by atoms with Gasteiger partial charge in [0, 0.05) is 17.1 Å². The standard InChI is InChI=1S/C10H8FN3S2/c11-7-5-6(9(12)13)1-2-8(7)16-10-14-3-4-15-10/h1-5H,(H3,12,13). The van der Waals surface area contributed by atoms with Crippen LogP contribution in [0.2, 0.25) is 0 Å². The predicted molar refractivity (Wildman–Crippen MR) is 63.7 cm³/mol. The Morgan fingerprint density at radius 2 is 2.31 bits per heavy atom. The number of nitrogen functional groups attached to an aromatic ring is 1. The fraction of sp³-hybridized carbons (Fsp3) is 0. The van der Waals surface area contributed by atoms with Gasteiger partial charge in [-0.25, -0.2) is 9.37 Å². The van der Waals surface area contributed by atoms with E-state index in [0.717, 1.165) is 4.34 Å². The number of thiazole rings is 1.